The van der Waals surface area contributed by atoms with Crippen LogP contribution in [-0.2, 0) is 38.2 Å². The normalized spacial score (nSPS) is 38.8. The van der Waals surface area contributed by atoms with Crippen LogP contribution in [0, 0.1) is 28.6 Å². The van der Waals surface area contributed by atoms with Gasteiger partial charge < -0.3 is 24.6 Å². The largest absolute Gasteiger partial charge is 0.456 e. The smallest absolute Gasteiger partial charge is 0.325 e. The van der Waals surface area contributed by atoms with Crippen LogP contribution in [0.5, 0.6) is 0 Å². The molecule has 4 fully saturated rings. The van der Waals surface area contributed by atoms with E-state index in [4.69, 9.17) is 24.6 Å². The summed E-state index contributed by atoms with van der Waals surface area (Å²) in [7, 11) is 0. The molecule has 5 aliphatic rings. The van der Waals surface area contributed by atoms with Gasteiger partial charge in [0.05, 0.1) is 24.2 Å². The maximum Gasteiger partial charge on any atom is 0.325 e. The standard InChI is InChI=1S/C31H44N2O11/c1-4-6-27-43-24-14-21-20-9-8-18-13-19(34)10-11-29(18,2)28(20)22(35)15-30(21,3)31(24,44-27)23(36)17-41-26(38)16-32-25(37)7-5-12-42-33(39)40/h10-11,13,20-22,24,27-28,35,39-40H,4-9,12,14-17H2,1-3H3,(H,32,37)/t20-,21-,22-,24+,27?,28+,29-,30-,31+/m0/s1. The van der Waals surface area contributed by atoms with Gasteiger partial charge in [-0.25, -0.2) is 0 Å². The number of nitrogens with one attached hydrogen (secondary N) is 1. The minimum Gasteiger partial charge on any atom is -0.456 e. The van der Waals surface area contributed by atoms with Crippen LogP contribution < -0.4 is 5.32 Å². The zero-order chi connectivity index (χ0) is 31.9. The third-order valence-electron chi connectivity index (χ3n) is 10.8. The Bertz CT molecular complexity index is 1220. The van der Waals surface area contributed by atoms with Crippen molar-refractivity contribution in [2.75, 3.05) is 19.8 Å². The molecule has 44 heavy (non-hydrogen) atoms. The number of amides is 1. The zero-order valence-electron chi connectivity index (χ0n) is 25.5. The van der Waals surface area contributed by atoms with Crippen molar-refractivity contribution in [2.45, 2.75) is 96.2 Å². The van der Waals surface area contributed by atoms with E-state index in [9.17, 15) is 24.3 Å². The van der Waals surface area contributed by atoms with Crippen molar-refractivity contribution < 1.29 is 53.7 Å². The number of Topliss-reactive ketones (excluding diaryl/α,β-unsaturated/α-hetero) is 1. The molecule has 1 aliphatic heterocycles. The van der Waals surface area contributed by atoms with Crippen LogP contribution in [0.15, 0.2) is 23.8 Å². The van der Waals surface area contributed by atoms with Gasteiger partial charge in [-0.3, -0.25) is 34.4 Å². The molecule has 0 aromatic rings. The van der Waals surface area contributed by atoms with Gasteiger partial charge in [0.1, 0.15) is 6.54 Å². The summed E-state index contributed by atoms with van der Waals surface area (Å²) in [5.41, 5.74) is -1.60. The molecule has 5 rings (SSSR count). The van der Waals surface area contributed by atoms with Gasteiger partial charge in [0.25, 0.3) is 0 Å². The van der Waals surface area contributed by atoms with Crippen molar-refractivity contribution in [2.24, 2.45) is 28.6 Å². The van der Waals surface area contributed by atoms with E-state index in [0.717, 1.165) is 24.8 Å². The van der Waals surface area contributed by atoms with Crippen LogP contribution in [-0.4, -0.2) is 88.2 Å². The molecule has 1 amide bonds. The molecule has 1 unspecified atom stereocenters. The fourth-order valence-corrected chi connectivity index (χ4v) is 8.95. The molecular weight excluding hydrogens is 576 g/mol. The van der Waals surface area contributed by atoms with Gasteiger partial charge in [0.2, 0.25) is 11.7 Å². The second kappa shape index (κ2) is 12.7. The Balaban J connectivity index is 1.29. The number of ketones is 2. The van der Waals surface area contributed by atoms with Crippen molar-refractivity contribution in [3.63, 3.8) is 0 Å². The van der Waals surface area contributed by atoms with E-state index in [1.54, 1.807) is 12.2 Å². The summed E-state index contributed by atoms with van der Waals surface area (Å²) in [5, 5.41) is 30.8. The SMILES string of the molecule is CCCC1O[C@@H]2C[C@H]3[C@@H]4CCC5=CC(=O)C=C[C@]5(C)[C@H]4[C@@H](O)C[C@]3(C)[C@]2(C(=O)COC(=O)CNC(=O)CCCON(O)O)O1. The van der Waals surface area contributed by atoms with Crippen LogP contribution in [0.2, 0.25) is 0 Å². The Labute approximate surface area is 256 Å². The lowest BCUT2D eigenvalue weighted by Gasteiger charge is -2.59. The summed E-state index contributed by atoms with van der Waals surface area (Å²) in [6.07, 6.45) is 7.25. The van der Waals surface area contributed by atoms with Gasteiger partial charge in [0.15, 0.2) is 24.3 Å². The van der Waals surface area contributed by atoms with E-state index < -0.39 is 71.1 Å². The van der Waals surface area contributed by atoms with Crippen LogP contribution in [0.4, 0.5) is 0 Å². The fraction of sp³-hybridized carbons (Fsp3) is 0.742. The number of allylic oxidation sites excluding steroid dienone is 4. The predicted octanol–water partition coefficient (Wildman–Crippen LogP) is 2.18. The highest BCUT2D eigenvalue weighted by atomic mass is 17.1. The minimum absolute atomic E-state index is 0.000422. The van der Waals surface area contributed by atoms with E-state index in [1.165, 1.54) is 0 Å². The molecule has 1 saturated heterocycles. The van der Waals surface area contributed by atoms with Gasteiger partial charge in [-0.1, -0.05) is 38.8 Å². The molecule has 0 bridgehead atoms. The predicted molar refractivity (Wildman–Crippen MR) is 150 cm³/mol. The lowest BCUT2D eigenvalue weighted by atomic mass is 9.46. The van der Waals surface area contributed by atoms with Gasteiger partial charge in [-0.05, 0) is 62.5 Å². The number of aliphatic hydroxyl groups is 1. The van der Waals surface area contributed by atoms with Crippen molar-refractivity contribution in [3.05, 3.63) is 23.8 Å². The number of ether oxygens (including phenoxy) is 3. The van der Waals surface area contributed by atoms with Crippen LogP contribution in [0.3, 0.4) is 0 Å². The maximum atomic E-state index is 14.2. The number of carbonyl (C=O) groups is 4. The van der Waals surface area contributed by atoms with Crippen LogP contribution >= 0.6 is 0 Å². The molecule has 13 heteroatoms. The summed E-state index contributed by atoms with van der Waals surface area (Å²) in [4.78, 5) is 55.2. The molecule has 0 aromatic heterocycles. The second-order valence-electron chi connectivity index (χ2n) is 13.2. The van der Waals surface area contributed by atoms with Crippen LogP contribution in [0.1, 0.15) is 72.1 Å². The van der Waals surface area contributed by atoms with E-state index in [0.29, 0.717) is 19.3 Å². The number of rotatable bonds is 12. The first kappa shape index (κ1) is 32.9. The van der Waals surface area contributed by atoms with Gasteiger partial charge in [-0.15, -0.1) is 0 Å². The number of fused-ring (bicyclic) bond motifs is 7. The van der Waals surface area contributed by atoms with Crippen molar-refractivity contribution >= 4 is 23.4 Å². The topological polar surface area (TPSA) is 181 Å². The van der Waals surface area contributed by atoms with E-state index in [2.05, 4.69) is 17.1 Å². The molecule has 3 saturated carbocycles. The molecule has 13 nitrogen and oxygen atoms in total. The van der Waals surface area contributed by atoms with Crippen molar-refractivity contribution in [1.29, 1.82) is 0 Å². The summed E-state index contributed by atoms with van der Waals surface area (Å²) >= 11 is 0. The summed E-state index contributed by atoms with van der Waals surface area (Å²) in [5.74, 6) is -1.77. The first-order chi connectivity index (χ1) is 20.9. The van der Waals surface area contributed by atoms with Crippen LogP contribution in [0.25, 0.3) is 0 Å². The van der Waals surface area contributed by atoms with Gasteiger partial charge >= 0.3 is 5.97 Å². The number of carbonyl (C=O) groups excluding carboxylic acids is 4. The minimum atomic E-state index is -1.41. The molecule has 0 spiro atoms. The molecular formula is C31H44N2O11. The first-order valence-electron chi connectivity index (χ1n) is 15.6. The molecule has 4 aliphatic carbocycles. The average molecular weight is 621 g/mol. The third kappa shape index (κ3) is 5.68. The summed E-state index contributed by atoms with van der Waals surface area (Å²) in [6, 6.07) is 0. The third-order valence-corrected chi connectivity index (χ3v) is 10.8. The number of esters is 1. The Kier molecular flexibility index (Phi) is 9.49. The highest BCUT2D eigenvalue weighted by Gasteiger charge is 2.75. The number of hydrogen-bond donors (Lipinski definition) is 4. The molecule has 244 valence electrons. The van der Waals surface area contributed by atoms with Gasteiger partial charge in [0, 0.05) is 23.2 Å². The Morgan fingerprint density at radius 1 is 1.23 bits per heavy atom. The maximum absolute atomic E-state index is 14.2. The number of aliphatic hydroxyl groups excluding tert-OH is 1. The molecule has 0 radical (unpaired) electrons. The van der Waals surface area contributed by atoms with Crippen molar-refractivity contribution in [1.82, 2.24) is 10.7 Å². The fourth-order valence-electron chi connectivity index (χ4n) is 8.95. The molecule has 4 N–H and O–H groups in total. The van der Waals surface area contributed by atoms with E-state index >= 15 is 0 Å². The average Bonchev–Trinajstić information content (AvgIpc) is 3.45. The lowest BCUT2D eigenvalue weighted by molar-refractivity contribution is -0.492. The van der Waals surface area contributed by atoms with Gasteiger partial charge in [-0.2, -0.15) is 0 Å². The summed E-state index contributed by atoms with van der Waals surface area (Å²) < 4.78 is 18.3. The monoisotopic (exact) mass is 620 g/mol. The van der Waals surface area contributed by atoms with E-state index in [-0.39, 0.29) is 43.0 Å². The highest BCUT2D eigenvalue weighted by Crippen LogP contribution is 2.69. The molecule has 1 heterocycles. The first-order valence-corrected chi connectivity index (χ1v) is 15.6. The Hall–Kier alpha value is -2.52. The quantitative estimate of drug-likeness (QED) is 0.142. The zero-order valence-corrected chi connectivity index (χ0v) is 25.5. The number of nitrogens with zero attached hydrogens (tertiary/aromatic N) is 1. The highest BCUT2D eigenvalue weighted by molar-refractivity contribution is 6.01. The second-order valence-corrected chi connectivity index (χ2v) is 13.2. The number of hydrogen-bond acceptors (Lipinski definition) is 12. The van der Waals surface area contributed by atoms with Crippen molar-refractivity contribution in [3.8, 4) is 0 Å². The Morgan fingerprint density at radius 2 is 2.00 bits per heavy atom. The molecule has 9 atom stereocenters. The Morgan fingerprint density at radius 3 is 2.73 bits per heavy atom. The van der Waals surface area contributed by atoms with E-state index in [1.807, 2.05) is 19.9 Å². The summed E-state index contributed by atoms with van der Waals surface area (Å²) in [6.45, 7) is 4.97. The lowest BCUT2D eigenvalue weighted by Crippen LogP contribution is -2.63. The molecule has 0 aromatic carbocycles.